The Morgan fingerprint density at radius 1 is 1.15 bits per heavy atom. The first kappa shape index (κ1) is 11.2. The van der Waals surface area contributed by atoms with Crippen molar-refractivity contribution in [3.63, 3.8) is 0 Å². The molecule has 3 aromatic rings. The van der Waals surface area contributed by atoms with Crippen molar-refractivity contribution in [2.75, 3.05) is 0 Å². The summed E-state index contributed by atoms with van der Waals surface area (Å²) in [5.74, 6) is 0.0560. The predicted octanol–water partition coefficient (Wildman–Crippen LogP) is 2.72. The van der Waals surface area contributed by atoms with Crippen LogP contribution in [0.2, 0.25) is 0 Å². The largest absolute Gasteiger partial charge is 0.360 e. The number of benzene rings is 1. The Kier molecular flexibility index (Phi) is 2.36. The quantitative estimate of drug-likeness (QED) is 0.734. The Hall–Kier alpha value is -2.62. The SMILES string of the molecule is O=C(c1c[nH]c2ccccc12)N1Cc2cccnc2C1. The Morgan fingerprint density at radius 3 is 2.95 bits per heavy atom. The minimum Gasteiger partial charge on any atom is -0.360 e. The van der Waals surface area contributed by atoms with E-state index < -0.39 is 0 Å². The summed E-state index contributed by atoms with van der Waals surface area (Å²) in [5.41, 5.74) is 3.86. The van der Waals surface area contributed by atoms with E-state index in [4.69, 9.17) is 0 Å². The van der Waals surface area contributed by atoms with Gasteiger partial charge in [0.1, 0.15) is 0 Å². The summed E-state index contributed by atoms with van der Waals surface area (Å²) >= 11 is 0. The number of nitrogens with one attached hydrogen (secondary N) is 1. The van der Waals surface area contributed by atoms with Crippen LogP contribution in [0.15, 0.2) is 48.8 Å². The fourth-order valence-electron chi connectivity index (χ4n) is 2.76. The van der Waals surface area contributed by atoms with Gasteiger partial charge in [-0.15, -0.1) is 0 Å². The third kappa shape index (κ3) is 1.61. The van der Waals surface area contributed by atoms with Crippen molar-refractivity contribution in [2.24, 2.45) is 0 Å². The first-order valence-corrected chi connectivity index (χ1v) is 6.61. The van der Waals surface area contributed by atoms with Gasteiger partial charge >= 0.3 is 0 Å². The van der Waals surface area contributed by atoms with E-state index in [1.54, 1.807) is 12.4 Å². The smallest absolute Gasteiger partial charge is 0.256 e. The lowest BCUT2D eigenvalue weighted by Gasteiger charge is -2.14. The monoisotopic (exact) mass is 263 g/mol. The van der Waals surface area contributed by atoms with E-state index in [1.807, 2.05) is 41.3 Å². The molecule has 4 nitrogen and oxygen atoms in total. The number of rotatable bonds is 1. The molecular weight excluding hydrogens is 250 g/mol. The zero-order valence-corrected chi connectivity index (χ0v) is 10.8. The van der Waals surface area contributed by atoms with Crippen molar-refractivity contribution in [3.8, 4) is 0 Å². The number of amides is 1. The molecule has 0 bridgehead atoms. The molecule has 20 heavy (non-hydrogen) atoms. The summed E-state index contributed by atoms with van der Waals surface area (Å²) in [6, 6.07) is 11.8. The number of aromatic nitrogens is 2. The molecule has 4 heteroatoms. The minimum atomic E-state index is 0.0560. The van der Waals surface area contributed by atoms with Gasteiger partial charge in [0.25, 0.3) is 5.91 Å². The molecule has 4 rings (SSSR count). The first-order chi connectivity index (χ1) is 9.83. The standard InChI is InChI=1S/C16H13N3O/c20-16(13-8-18-14-6-2-1-5-12(13)14)19-9-11-4-3-7-17-15(11)10-19/h1-8,18H,9-10H2. The average Bonchev–Trinajstić information content (AvgIpc) is 3.10. The second-order valence-corrected chi connectivity index (χ2v) is 5.02. The fourth-order valence-corrected chi connectivity index (χ4v) is 2.76. The van der Waals surface area contributed by atoms with Crippen LogP contribution < -0.4 is 0 Å². The Bertz CT molecular complexity index is 781. The average molecular weight is 263 g/mol. The minimum absolute atomic E-state index is 0.0560. The Labute approximate surface area is 116 Å². The zero-order chi connectivity index (χ0) is 13.5. The van der Waals surface area contributed by atoms with E-state index in [0.29, 0.717) is 13.1 Å². The second kappa shape index (κ2) is 4.20. The van der Waals surface area contributed by atoms with Crippen LogP contribution in [0, 0.1) is 0 Å². The number of nitrogens with zero attached hydrogens (tertiary/aromatic N) is 2. The van der Waals surface area contributed by atoms with Crippen LogP contribution in [0.3, 0.4) is 0 Å². The van der Waals surface area contributed by atoms with Gasteiger partial charge < -0.3 is 9.88 Å². The molecule has 1 aromatic carbocycles. The van der Waals surface area contributed by atoms with Crippen LogP contribution in [0.5, 0.6) is 0 Å². The van der Waals surface area contributed by atoms with Gasteiger partial charge in [-0.25, -0.2) is 0 Å². The molecular formula is C16H13N3O. The van der Waals surface area contributed by atoms with Crippen LogP contribution in [-0.2, 0) is 13.1 Å². The zero-order valence-electron chi connectivity index (χ0n) is 10.8. The van der Waals surface area contributed by atoms with Crippen LogP contribution in [-0.4, -0.2) is 20.8 Å². The maximum absolute atomic E-state index is 12.7. The van der Waals surface area contributed by atoms with E-state index in [-0.39, 0.29) is 5.91 Å². The summed E-state index contributed by atoms with van der Waals surface area (Å²) in [6.45, 7) is 1.23. The summed E-state index contributed by atoms with van der Waals surface area (Å²) in [7, 11) is 0. The first-order valence-electron chi connectivity index (χ1n) is 6.61. The van der Waals surface area contributed by atoms with Gasteiger partial charge in [-0.1, -0.05) is 24.3 Å². The molecule has 0 aliphatic carbocycles. The van der Waals surface area contributed by atoms with E-state index >= 15 is 0 Å². The maximum Gasteiger partial charge on any atom is 0.256 e. The molecule has 1 N–H and O–H groups in total. The highest BCUT2D eigenvalue weighted by Gasteiger charge is 2.26. The molecule has 1 aliphatic rings. The molecule has 0 saturated heterocycles. The summed E-state index contributed by atoms with van der Waals surface area (Å²) < 4.78 is 0. The molecule has 1 aliphatic heterocycles. The molecule has 0 radical (unpaired) electrons. The summed E-state index contributed by atoms with van der Waals surface area (Å²) in [5, 5.41) is 0.974. The lowest BCUT2D eigenvalue weighted by atomic mass is 10.1. The van der Waals surface area contributed by atoms with Gasteiger partial charge in [0.05, 0.1) is 17.8 Å². The Morgan fingerprint density at radius 2 is 2.05 bits per heavy atom. The molecule has 2 aromatic heterocycles. The van der Waals surface area contributed by atoms with E-state index in [1.165, 1.54) is 0 Å². The van der Waals surface area contributed by atoms with Crippen LogP contribution >= 0.6 is 0 Å². The molecule has 0 unspecified atom stereocenters. The predicted molar refractivity (Wildman–Crippen MR) is 76.1 cm³/mol. The van der Waals surface area contributed by atoms with Gasteiger partial charge in [-0.2, -0.15) is 0 Å². The van der Waals surface area contributed by atoms with Crippen LogP contribution in [0.1, 0.15) is 21.6 Å². The summed E-state index contributed by atoms with van der Waals surface area (Å²) in [4.78, 5) is 22.0. The number of carbonyl (C=O) groups excluding carboxylic acids is 1. The fraction of sp³-hybridized carbons (Fsp3) is 0.125. The van der Waals surface area contributed by atoms with Gasteiger partial charge in [-0.3, -0.25) is 9.78 Å². The van der Waals surface area contributed by atoms with Gasteiger partial charge in [0.2, 0.25) is 0 Å². The number of hydrogen-bond donors (Lipinski definition) is 1. The molecule has 1 amide bonds. The van der Waals surface area contributed by atoms with Gasteiger partial charge in [0.15, 0.2) is 0 Å². The second-order valence-electron chi connectivity index (χ2n) is 5.02. The van der Waals surface area contributed by atoms with Crippen molar-refractivity contribution in [3.05, 3.63) is 65.6 Å². The highest BCUT2D eigenvalue weighted by atomic mass is 16.2. The van der Waals surface area contributed by atoms with Crippen molar-refractivity contribution in [1.29, 1.82) is 0 Å². The van der Waals surface area contributed by atoms with E-state index in [9.17, 15) is 4.79 Å². The number of aromatic amines is 1. The third-order valence-corrected chi connectivity index (χ3v) is 3.79. The van der Waals surface area contributed by atoms with Gasteiger partial charge in [-0.05, 0) is 17.7 Å². The molecule has 98 valence electrons. The third-order valence-electron chi connectivity index (χ3n) is 3.79. The normalized spacial score (nSPS) is 13.7. The van der Waals surface area contributed by atoms with Gasteiger partial charge in [0, 0.05) is 29.8 Å². The lowest BCUT2D eigenvalue weighted by molar-refractivity contribution is 0.0752. The van der Waals surface area contributed by atoms with E-state index in [0.717, 1.165) is 27.7 Å². The number of carbonyl (C=O) groups is 1. The highest BCUT2D eigenvalue weighted by Crippen LogP contribution is 2.25. The number of fused-ring (bicyclic) bond motifs is 2. The maximum atomic E-state index is 12.7. The van der Waals surface area contributed by atoms with Crippen LogP contribution in [0.4, 0.5) is 0 Å². The van der Waals surface area contributed by atoms with E-state index in [2.05, 4.69) is 9.97 Å². The molecule has 0 saturated carbocycles. The van der Waals surface area contributed by atoms with Crippen molar-refractivity contribution >= 4 is 16.8 Å². The van der Waals surface area contributed by atoms with Crippen LogP contribution in [0.25, 0.3) is 10.9 Å². The van der Waals surface area contributed by atoms with Crippen molar-refractivity contribution in [2.45, 2.75) is 13.1 Å². The van der Waals surface area contributed by atoms with Crippen molar-refractivity contribution < 1.29 is 4.79 Å². The summed E-state index contributed by atoms with van der Waals surface area (Å²) in [6.07, 6.45) is 3.57. The lowest BCUT2D eigenvalue weighted by Crippen LogP contribution is -2.25. The molecule has 0 spiro atoms. The highest BCUT2D eigenvalue weighted by molar-refractivity contribution is 6.06. The number of hydrogen-bond acceptors (Lipinski definition) is 2. The number of para-hydroxylation sites is 1. The Balaban J connectivity index is 1.69. The van der Waals surface area contributed by atoms with Crippen molar-refractivity contribution in [1.82, 2.24) is 14.9 Å². The number of pyridine rings is 1. The number of H-pyrrole nitrogens is 1. The molecule has 0 fully saturated rings. The molecule has 0 atom stereocenters. The topological polar surface area (TPSA) is 49.0 Å². The molecule has 3 heterocycles.